The first-order valence-electron chi connectivity index (χ1n) is 17.3. The van der Waals surface area contributed by atoms with E-state index in [-0.39, 0.29) is 0 Å². The molecule has 0 aliphatic carbocycles. The number of fused-ring (bicyclic) bond motifs is 8. The van der Waals surface area contributed by atoms with Gasteiger partial charge in [0.05, 0.1) is 32.1 Å². The SMILES string of the molecule is Cc1c(C2CN(c3cc4cc5sc(N6CC(c7c(C)c8cccnc8c8ncccc78)C6)cc5cc4s3)C2)c2cccnc2c2ncccc12. The van der Waals surface area contributed by atoms with Gasteiger partial charge in [-0.3, -0.25) is 19.9 Å². The molecule has 8 heteroatoms. The third kappa shape index (κ3) is 4.12. The van der Waals surface area contributed by atoms with E-state index in [1.165, 1.54) is 74.0 Å². The molecule has 8 heterocycles. The van der Waals surface area contributed by atoms with Crippen molar-refractivity contribution in [1.29, 1.82) is 0 Å². The van der Waals surface area contributed by atoms with Gasteiger partial charge in [-0.2, -0.15) is 0 Å². The Balaban J connectivity index is 0.850. The van der Waals surface area contributed by atoms with Crippen molar-refractivity contribution in [2.75, 3.05) is 36.0 Å². The molecule has 2 aliphatic rings. The van der Waals surface area contributed by atoms with Gasteiger partial charge in [-0.05, 0) is 95.4 Å². The first-order valence-corrected chi connectivity index (χ1v) is 18.9. The number of rotatable bonds is 4. The highest BCUT2D eigenvalue weighted by Gasteiger charge is 2.34. The molecule has 9 aromatic rings. The van der Waals surface area contributed by atoms with Crippen LogP contribution in [0.5, 0.6) is 0 Å². The van der Waals surface area contributed by atoms with Crippen LogP contribution in [0.2, 0.25) is 0 Å². The summed E-state index contributed by atoms with van der Waals surface area (Å²) < 4.78 is 2.73. The van der Waals surface area contributed by atoms with E-state index < -0.39 is 0 Å². The molecular formula is C42H32N6S2. The fraction of sp³-hybridized carbons (Fsp3) is 0.190. The second-order valence-electron chi connectivity index (χ2n) is 14.0. The molecule has 0 saturated carbocycles. The fourth-order valence-electron chi connectivity index (χ4n) is 8.70. The van der Waals surface area contributed by atoms with Crippen LogP contribution < -0.4 is 9.80 Å². The molecule has 0 unspecified atom stereocenters. The average molecular weight is 685 g/mol. The maximum atomic E-state index is 4.77. The number of benzene rings is 3. The molecule has 2 saturated heterocycles. The zero-order valence-electron chi connectivity index (χ0n) is 27.7. The van der Waals surface area contributed by atoms with Crippen molar-refractivity contribution in [3.8, 4) is 0 Å². The van der Waals surface area contributed by atoms with Crippen LogP contribution in [0.1, 0.15) is 34.1 Å². The van der Waals surface area contributed by atoms with E-state index >= 15 is 0 Å². The van der Waals surface area contributed by atoms with Crippen LogP contribution in [0.25, 0.3) is 63.8 Å². The molecule has 0 atom stereocenters. The Morgan fingerprint density at radius 3 is 1.26 bits per heavy atom. The molecule has 0 radical (unpaired) electrons. The van der Waals surface area contributed by atoms with Crippen LogP contribution in [0, 0.1) is 13.8 Å². The van der Waals surface area contributed by atoms with Crippen molar-refractivity contribution in [3.63, 3.8) is 0 Å². The van der Waals surface area contributed by atoms with Gasteiger partial charge in [0, 0.05) is 93.7 Å². The lowest BCUT2D eigenvalue weighted by atomic mass is 9.84. The molecule has 0 amide bonds. The van der Waals surface area contributed by atoms with Gasteiger partial charge in [0.1, 0.15) is 0 Å². The average Bonchev–Trinajstić information content (AvgIpc) is 3.71. The predicted octanol–water partition coefficient (Wildman–Crippen LogP) is 10.1. The highest BCUT2D eigenvalue weighted by atomic mass is 32.1. The Morgan fingerprint density at radius 2 is 0.860 bits per heavy atom. The van der Waals surface area contributed by atoms with E-state index in [4.69, 9.17) is 19.9 Å². The Hall–Kier alpha value is -5.18. The van der Waals surface area contributed by atoms with Gasteiger partial charge in [-0.1, -0.05) is 24.3 Å². The summed E-state index contributed by atoms with van der Waals surface area (Å²) in [4.78, 5) is 24.0. The van der Waals surface area contributed by atoms with Crippen LogP contribution in [-0.4, -0.2) is 46.1 Å². The number of nitrogens with zero attached hydrogens (tertiary/aromatic N) is 6. The van der Waals surface area contributed by atoms with Gasteiger partial charge < -0.3 is 9.80 Å². The van der Waals surface area contributed by atoms with Crippen molar-refractivity contribution in [2.24, 2.45) is 0 Å². The predicted molar refractivity (Wildman–Crippen MR) is 211 cm³/mol. The number of thiophene rings is 2. The van der Waals surface area contributed by atoms with Crippen LogP contribution in [0.4, 0.5) is 10.0 Å². The van der Waals surface area contributed by atoms with Crippen molar-refractivity contribution in [2.45, 2.75) is 25.7 Å². The summed E-state index contributed by atoms with van der Waals surface area (Å²) in [7, 11) is 0. The van der Waals surface area contributed by atoms with Gasteiger partial charge in [0.15, 0.2) is 0 Å². The van der Waals surface area contributed by atoms with Gasteiger partial charge in [0.2, 0.25) is 0 Å². The van der Waals surface area contributed by atoms with E-state index in [0.717, 1.165) is 48.2 Å². The zero-order chi connectivity index (χ0) is 33.1. The van der Waals surface area contributed by atoms with Gasteiger partial charge >= 0.3 is 0 Å². The van der Waals surface area contributed by atoms with Crippen molar-refractivity contribution in [3.05, 3.63) is 120 Å². The molecule has 2 fully saturated rings. The van der Waals surface area contributed by atoms with Crippen molar-refractivity contribution < 1.29 is 0 Å². The van der Waals surface area contributed by atoms with E-state index in [1.54, 1.807) is 0 Å². The molecule has 2 aliphatic heterocycles. The van der Waals surface area contributed by atoms with Crippen LogP contribution in [0.3, 0.4) is 0 Å². The fourth-order valence-corrected chi connectivity index (χ4v) is 10.9. The monoisotopic (exact) mass is 684 g/mol. The van der Waals surface area contributed by atoms with E-state index in [1.807, 2.05) is 59.6 Å². The zero-order valence-corrected chi connectivity index (χ0v) is 29.4. The summed E-state index contributed by atoms with van der Waals surface area (Å²) in [5.74, 6) is 0.958. The molecular weight excluding hydrogens is 653 g/mol. The number of anilines is 2. The normalized spacial score (nSPS) is 15.6. The first-order chi connectivity index (χ1) is 24.6. The third-order valence-corrected chi connectivity index (χ3v) is 13.5. The molecule has 242 valence electrons. The Morgan fingerprint density at radius 1 is 0.500 bits per heavy atom. The van der Waals surface area contributed by atoms with Crippen LogP contribution in [0.15, 0.2) is 97.6 Å². The van der Waals surface area contributed by atoms with E-state index in [9.17, 15) is 0 Å². The maximum Gasteiger partial charge on any atom is 0.0967 e. The lowest BCUT2D eigenvalue weighted by Gasteiger charge is -2.41. The molecule has 3 aromatic carbocycles. The maximum absolute atomic E-state index is 4.77. The summed E-state index contributed by atoms with van der Waals surface area (Å²) in [6.07, 6.45) is 7.52. The van der Waals surface area contributed by atoms with Gasteiger partial charge in [0.25, 0.3) is 0 Å². The number of hydrogen-bond acceptors (Lipinski definition) is 8. The van der Waals surface area contributed by atoms with Gasteiger partial charge in [-0.15, -0.1) is 22.7 Å². The Labute approximate surface area is 296 Å². The van der Waals surface area contributed by atoms with Crippen LogP contribution in [-0.2, 0) is 0 Å². The summed E-state index contributed by atoms with van der Waals surface area (Å²) in [5, 5.41) is 10.3. The number of aryl methyl sites for hydroxylation is 2. The summed E-state index contributed by atoms with van der Waals surface area (Å²) >= 11 is 3.85. The summed E-state index contributed by atoms with van der Waals surface area (Å²) in [6.45, 7) is 8.62. The Kier molecular flexibility index (Phi) is 6.11. The highest BCUT2D eigenvalue weighted by molar-refractivity contribution is 7.24. The second-order valence-corrected chi connectivity index (χ2v) is 16.1. The molecule has 6 nitrogen and oxygen atoms in total. The summed E-state index contributed by atoms with van der Waals surface area (Å²) in [6, 6.07) is 26.7. The quantitative estimate of drug-likeness (QED) is 0.172. The lowest BCUT2D eigenvalue weighted by molar-refractivity contribution is 0.530. The number of aromatic nitrogens is 4. The third-order valence-electron chi connectivity index (χ3n) is 11.2. The Bertz CT molecular complexity index is 2600. The summed E-state index contributed by atoms with van der Waals surface area (Å²) in [5.41, 5.74) is 9.60. The standard InChI is InChI=1S/C42H32N6S2/c1-23-29-7-3-11-43-39(29)41-31(9-5-13-45-41)37(23)27-19-47(20-27)35-17-25-15-34-26(16-33(25)49-35)18-36(50-34)48-21-28(22-48)38-24(2)30-8-4-12-44-40(30)42-32(38)10-6-14-46-42/h3-18,27-28H,19-22H2,1-2H3. The molecule has 6 aromatic heterocycles. The second kappa shape index (κ2) is 10.7. The number of pyridine rings is 4. The molecule has 0 spiro atoms. The topological polar surface area (TPSA) is 58.0 Å². The minimum Gasteiger partial charge on any atom is -0.362 e. The smallest absolute Gasteiger partial charge is 0.0967 e. The minimum absolute atomic E-state index is 0.479. The lowest BCUT2D eigenvalue weighted by Crippen LogP contribution is -2.45. The molecule has 11 rings (SSSR count). The van der Waals surface area contributed by atoms with E-state index in [0.29, 0.717) is 11.8 Å². The highest BCUT2D eigenvalue weighted by Crippen LogP contribution is 2.47. The minimum atomic E-state index is 0.479. The van der Waals surface area contributed by atoms with E-state index in [2.05, 4.69) is 84.3 Å². The molecule has 0 bridgehead atoms. The first kappa shape index (κ1) is 28.6. The molecule has 0 N–H and O–H groups in total. The van der Waals surface area contributed by atoms with Crippen LogP contribution >= 0.6 is 22.7 Å². The van der Waals surface area contributed by atoms with Gasteiger partial charge in [-0.25, -0.2) is 0 Å². The largest absolute Gasteiger partial charge is 0.362 e. The molecule has 50 heavy (non-hydrogen) atoms. The number of hydrogen-bond donors (Lipinski definition) is 0. The van der Waals surface area contributed by atoms with Crippen molar-refractivity contribution in [1.82, 2.24) is 19.9 Å². The van der Waals surface area contributed by atoms with Crippen molar-refractivity contribution >= 4 is 96.5 Å².